The van der Waals surface area contributed by atoms with E-state index in [-0.39, 0.29) is 6.10 Å². The summed E-state index contributed by atoms with van der Waals surface area (Å²) in [5, 5.41) is 21.3. The molecule has 3 nitrogen and oxygen atoms in total. The maximum Gasteiger partial charge on any atom is 0.106 e. The molecule has 0 saturated carbocycles. The molecule has 2 rings (SSSR count). The van der Waals surface area contributed by atoms with E-state index in [1.807, 2.05) is 33.8 Å². The first-order valence-electron chi connectivity index (χ1n) is 6.52. The summed E-state index contributed by atoms with van der Waals surface area (Å²) in [7, 11) is 0. The van der Waals surface area contributed by atoms with E-state index >= 15 is 0 Å². The molecule has 0 radical (unpaired) electrons. The lowest BCUT2D eigenvalue weighted by molar-refractivity contribution is -0.0599. The number of hydrogen-bond donors (Lipinski definition) is 2. The molecule has 1 saturated heterocycles. The Balaban J connectivity index is 2.29. The lowest BCUT2D eigenvalue weighted by atomic mass is 9.78. The zero-order valence-electron chi connectivity index (χ0n) is 11.7. The summed E-state index contributed by atoms with van der Waals surface area (Å²) in [5.41, 5.74) is 1.19. The molecule has 0 aliphatic carbocycles. The van der Waals surface area contributed by atoms with Gasteiger partial charge in [0.25, 0.3) is 0 Å². The van der Waals surface area contributed by atoms with Crippen molar-refractivity contribution in [2.24, 2.45) is 5.41 Å². The molecule has 1 aliphatic heterocycles. The quantitative estimate of drug-likeness (QED) is 0.878. The molecule has 1 heterocycles. The van der Waals surface area contributed by atoms with Crippen LogP contribution in [0.3, 0.4) is 0 Å². The molecular weight excluding hydrogens is 264 g/mol. The number of benzene rings is 1. The van der Waals surface area contributed by atoms with Crippen LogP contribution in [0, 0.1) is 12.3 Å². The van der Waals surface area contributed by atoms with E-state index in [0.717, 1.165) is 11.1 Å². The Kier molecular flexibility index (Phi) is 3.94. The fourth-order valence-corrected chi connectivity index (χ4v) is 2.88. The fourth-order valence-electron chi connectivity index (χ4n) is 2.76. The van der Waals surface area contributed by atoms with E-state index in [9.17, 15) is 10.2 Å². The van der Waals surface area contributed by atoms with Gasteiger partial charge in [0, 0.05) is 10.4 Å². The highest BCUT2D eigenvalue weighted by Gasteiger charge is 2.51. The molecule has 1 aliphatic rings. The third-order valence-electron chi connectivity index (χ3n) is 4.11. The van der Waals surface area contributed by atoms with Gasteiger partial charge in [0.05, 0.1) is 18.3 Å². The van der Waals surface area contributed by atoms with E-state index in [0.29, 0.717) is 5.02 Å². The Hall–Kier alpha value is -0.610. The van der Waals surface area contributed by atoms with Crippen LogP contribution in [0.25, 0.3) is 0 Å². The predicted molar refractivity (Wildman–Crippen MR) is 75.3 cm³/mol. The number of halogens is 1. The topological polar surface area (TPSA) is 49.7 Å². The number of aryl methyl sites for hydroxylation is 1. The number of aliphatic hydroxyl groups is 2. The molecular formula is C15H21ClO3. The Morgan fingerprint density at radius 2 is 2.00 bits per heavy atom. The average Bonchev–Trinajstić information content (AvgIpc) is 2.55. The molecule has 1 fully saturated rings. The fraction of sp³-hybridized carbons (Fsp3) is 0.600. The first kappa shape index (κ1) is 14.8. The maximum atomic E-state index is 10.5. The van der Waals surface area contributed by atoms with Crippen LogP contribution in [0.1, 0.15) is 38.0 Å². The molecule has 4 heteroatoms. The van der Waals surface area contributed by atoms with Crippen molar-refractivity contribution in [3.8, 4) is 0 Å². The molecule has 0 bridgehead atoms. The van der Waals surface area contributed by atoms with Gasteiger partial charge in [-0.2, -0.15) is 0 Å². The summed E-state index contributed by atoms with van der Waals surface area (Å²) in [5.74, 6) is 0. The van der Waals surface area contributed by atoms with Gasteiger partial charge in [0.2, 0.25) is 0 Å². The van der Waals surface area contributed by atoms with Crippen molar-refractivity contribution in [2.45, 2.75) is 52.1 Å². The molecule has 2 N–H and O–H groups in total. The van der Waals surface area contributed by atoms with Crippen LogP contribution in [-0.4, -0.2) is 28.5 Å². The van der Waals surface area contributed by atoms with Gasteiger partial charge in [-0.25, -0.2) is 0 Å². The van der Waals surface area contributed by atoms with Crippen molar-refractivity contribution in [1.82, 2.24) is 0 Å². The zero-order valence-corrected chi connectivity index (χ0v) is 12.5. The molecule has 0 aromatic heterocycles. The van der Waals surface area contributed by atoms with E-state index in [1.54, 1.807) is 12.1 Å². The molecule has 0 amide bonds. The second-order valence-electron chi connectivity index (χ2n) is 5.98. The van der Waals surface area contributed by atoms with Gasteiger partial charge in [0.1, 0.15) is 6.10 Å². The Morgan fingerprint density at radius 3 is 2.47 bits per heavy atom. The Morgan fingerprint density at radius 1 is 1.37 bits per heavy atom. The molecule has 4 atom stereocenters. The van der Waals surface area contributed by atoms with Gasteiger partial charge >= 0.3 is 0 Å². The van der Waals surface area contributed by atoms with Crippen LogP contribution in [0.5, 0.6) is 0 Å². The zero-order chi connectivity index (χ0) is 14.4. The second-order valence-corrected chi connectivity index (χ2v) is 6.39. The van der Waals surface area contributed by atoms with Gasteiger partial charge < -0.3 is 14.9 Å². The van der Waals surface area contributed by atoms with Crippen molar-refractivity contribution in [3.63, 3.8) is 0 Å². The Bertz CT molecular complexity index is 472. The molecule has 106 valence electrons. The highest BCUT2D eigenvalue weighted by atomic mass is 35.5. The minimum Gasteiger partial charge on any atom is -0.390 e. The summed E-state index contributed by atoms with van der Waals surface area (Å²) in [6, 6.07) is 5.44. The van der Waals surface area contributed by atoms with E-state index in [2.05, 4.69) is 0 Å². The Labute approximate surface area is 119 Å². The predicted octanol–water partition coefficient (Wildman–Crippen LogP) is 2.86. The van der Waals surface area contributed by atoms with E-state index in [4.69, 9.17) is 16.3 Å². The minimum absolute atomic E-state index is 0.275. The first-order valence-corrected chi connectivity index (χ1v) is 6.90. The number of aliphatic hydroxyl groups excluding tert-OH is 2. The smallest absolute Gasteiger partial charge is 0.106 e. The number of hydrogen-bond acceptors (Lipinski definition) is 3. The lowest BCUT2D eigenvalue weighted by Gasteiger charge is -2.31. The standard InChI is InChI=1S/C15H21ClO3/c1-8-7-10(5-6-11(8)16)12(17)14-15(3,4)13(18)9(2)19-14/h5-7,9,12-14,17-18H,1-4H3/t9-,12+,13-,14+/m0/s1. The third-order valence-corrected chi connectivity index (χ3v) is 4.54. The second kappa shape index (κ2) is 5.06. The van der Waals surface area contributed by atoms with Crippen LogP contribution in [0.15, 0.2) is 18.2 Å². The normalized spacial score (nSPS) is 31.4. The van der Waals surface area contributed by atoms with E-state index in [1.165, 1.54) is 0 Å². The summed E-state index contributed by atoms with van der Waals surface area (Å²) in [4.78, 5) is 0. The summed E-state index contributed by atoms with van der Waals surface area (Å²) in [6.07, 6.45) is -2.06. The number of ether oxygens (including phenoxy) is 1. The minimum atomic E-state index is -0.773. The van der Waals surface area contributed by atoms with Gasteiger partial charge in [-0.15, -0.1) is 0 Å². The SMILES string of the molecule is Cc1cc([C@@H](O)[C@H]2O[C@@H](C)[C@H](O)C2(C)C)ccc1Cl. The average molecular weight is 285 g/mol. The van der Waals surface area contributed by atoms with Gasteiger partial charge in [-0.05, 0) is 31.0 Å². The van der Waals surface area contributed by atoms with Crippen molar-refractivity contribution in [1.29, 1.82) is 0 Å². The third kappa shape index (κ3) is 2.52. The number of rotatable bonds is 2. The van der Waals surface area contributed by atoms with Gasteiger partial charge in [0.15, 0.2) is 0 Å². The molecule has 19 heavy (non-hydrogen) atoms. The summed E-state index contributed by atoms with van der Waals surface area (Å²) >= 11 is 5.99. The molecule has 1 aromatic rings. The van der Waals surface area contributed by atoms with Gasteiger partial charge in [-0.3, -0.25) is 0 Å². The van der Waals surface area contributed by atoms with Crippen molar-refractivity contribution in [2.75, 3.05) is 0 Å². The molecule has 1 aromatic carbocycles. The van der Waals surface area contributed by atoms with Gasteiger partial charge in [-0.1, -0.05) is 37.6 Å². The van der Waals surface area contributed by atoms with Crippen molar-refractivity contribution in [3.05, 3.63) is 34.3 Å². The monoisotopic (exact) mass is 284 g/mol. The molecule has 0 unspecified atom stereocenters. The highest BCUT2D eigenvalue weighted by molar-refractivity contribution is 6.31. The largest absolute Gasteiger partial charge is 0.390 e. The maximum absolute atomic E-state index is 10.5. The van der Waals surface area contributed by atoms with Crippen LogP contribution >= 0.6 is 11.6 Å². The van der Waals surface area contributed by atoms with Crippen molar-refractivity contribution < 1.29 is 14.9 Å². The summed E-state index contributed by atoms with van der Waals surface area (Å²) < 4.78 is 5.74. The van der Waals surface area contributed by atoms with Crippen LogP contribution < -0.4 is 0 Å². The van der Waals surface area contributed by atoms with Crippen LogP contribution in [0.4, 0.5) is 0 Å². The molecule has 0 spiro atoms. The van der Waals surface area contributed by atoms with E-state index < -0.39 is 23.7 Å². The van der Waals surface area contributed by atoms with Crippen molar-refractivity contribution >= 4 is 11.6 Å². The van der Waals surface area contributed by atoms with Crippen LogP contribution in [-0.2, 0) is 4.74 Å². The highest BCUT2D eigenvalue weighted by Crippen LogP contribution is 2.44. The first-order chi connectivity index (χ1) is 8.75. The lowest BCUT2D eigenvalue weighted by Crippen LogP contribution is -2.38. The summed E-state index contributed by atoms with van der Waals surface area (Å²) in [6.45, 7) is 7.55. The van der Waals surface area contributed by atoms with Crippen LogP contribution in [0.2, 0.25) is 5.02 Å².